The fourth-order valence-corrected chi connectivity index (χ4v) is 1.79. The summed E-state index contributed by atoms with van der Waals surface area (Å²) in [6.45, 7) is 8.58. The average Bonchev–Trinajstić information content (AvgIpc) is 2.14. The van der Waals surface area contributed by atoms with Crippen LogP contribution in [0.3, 0.4) is 0 Å². The average molecular weight is 186 g/mol. The van der Waals surface area contributed by atoms with E-state index in [1.54, 1.807) is 0 Å². The number of nitrogens with one attached hydrogen (secondary N) is 1. The van der Waals surface area contributed by atoms with Crippen LogP contribution in [0.4, 0.5) is 0 Å². The Labute approximate surface area is 81.4 Å². The third-order valence-corrected chi connectivity index (χ3v) is 2.70. The first-order chi connectivity index (χ1) is 6.26. The van der Waals surface area contributed by atoms with Crippen molar-refractivity contribution in [2.45, 2.75) is 32.4 Å². The predicted octanol–water partition coefficient (Wildman–Crippen LogP) is 0.705. The molecule has 2 unspecified atom stereocenters. The highest BCUT2D eigenvalue weighted by molar-refractivity contribution is 4.73. The molecule has 0 amide bonds. The van der Waals surface area contributed by atoms with E-state index in [-0.39, 0.29) is 0 Å². The molecule has 1 aliphatic heterocycles. The Hall–Kier alpha value is -0.120. The van der Waals surface area contributed by atoms with Gasteiger partial charge in [-0.15, -0.1) is 0 Å². The topological polar surface area (TPSA) is 24.5 Å². The minimum absolute atomic E-state index is 0.406. The lowest BCUT2D eigenvalue weighted by molar-refractivity contribution is -0.0208. The Kier molecular flexibility index (Phi) is 4.70. The minimum atomic E-state index is 0.406. The van der Waals surface area contributed by atoms with Crippen molar-refractivity contribution in [1.82, 2.24) is 10.2 Å². The number of rotatable bonds is 4. The predicted molar refractivity (Wildman–Crippen MR) is 55.0 cm³/mol. The van der Waals surface area contributed by atoms with E-state index in [0.29, 0.717) is 12.1 Å². The molecule has 78 valence electrons. The molecule has 1 fully saturated rings. The number of ether oxygens (including phenoxy) is 1. The van der Waals surface area contributed by atoms with Crippen molar-refractivity contribution in [2.75, 3.05) is 33.3 Å². The van der Waals surface area contributed by atoms with Crippen molar-refractivity contribution in [1.29, 1.82) is 0 Å². The first-order valence-corrected chi connectivity index (χ1v) is 5.27. The van der Waals surface area contributed by atoms with E-state index >= 15 is 0 Å². The van der Waals surface area contributed by atoms with E-state index in [2.05, 4.69) is 24.1 Å². The molecule has 1 aliphatic rings. The van der Waals surface area contributed by atoms with Crippen molar-refractivity contribution in [3.8, 4) is 0 Å². The summed E-state index contributed by atoms with van der Waals surface area (Å²) in [5.41, 5.74) is 0. The summed E-state index contributed by atoms with van der Waals surface area (Å²) in [4.78, 5) is 2.48. The minimum Gasteiger partial charge on any atom is -0.376 e. The van der Waals surface area contributed by atoms with Crippen LogP contribution in [-0.4, -0.2) is 50.3 Å². The number of hydrogen-bond donors (Lipinski definition) is 1. The maximum Gasteiger partial charge on any atom is 0.0674 e. The van der Waals surface area contributed by atoms with Crippen LogP contribution in [-0.2, 0) is 4.74 Å². The van der Waals surface area contributed by atoms with Crippen molar-refractivity contribution < 1.29 is 4.74 Å². The quantitative estimate of drug-likeness (QED) is 0.699. The normalized spacial score (nSPS) is 27.5. The van der Waals surface area contributed by atoms with Gasteiger partial charge in [0.15, 0.2) is 0 Å². The Morgan fingerprint density at radius 3 is 2.92 bits per heavy atom. The molecule has 0 spiro atoms. The van der Waals surface area contributed by atoms with E-state index in [1.165, 1.54) is 6.42 Å². The molecule has 3 heteroatoms. The molecule has 0 aliphatic carbocycles. The Morgan fingerprint density at radius 2 is 2.38 bits per heavy atom. The van der Waals surface area contributed by atoms with Gasteiger partial charge >= 0.3 is 0 Å². The molecule has 0 aromatic heterocycles. The molecule has 1 heterocycles. The highest BCUT2D eigenvalue weighted by Gasteiger charge is 2.18. The standard InChI is InChI=1S/C10H22N2O/c1-4-10(11-3)8-12-5-6-13-9(2)7-12/h9-11H,4-8H2,1-3H3. The molecule has 13 heavy (non-hydrogen) atoms. The van der Waals surface area contributed by atoms with Crippen LogP contribution in [0.15, 0.2) is 0 Å². The second-order valence-electron chi connectivity index (χ2n) is 3.83. The molecule has 0 aromatic rings. The van der Waals surface area contributed by atoms with Crippen molar-refractivity contribution >= 4 is 0 Å². The Bertz CT molecular complexity index is 137. The zero-order valence-corrected chi connectivity index (χ0v) is 9.05. The second kappa shape index (κ2) is 5.58. The largest absolute Gasteiger partial charge is 0.376 e. The van der Waals surface area contributed by atoms with Crippen molar-refractivity contribution in [3.63, 3.8) is 0 Å². The zero-order valence-electron chi connectivity index (χ0n) is 9.05. The van der Waals surface area contributed by atoms with Crippen LogP contribution in [0, 0.1) is 0 Å². The summed E-state index contributed by atoms with van der Waals surface area (Å²) in [6.07, 6.45) is 1.60. The summed E-state index contributed by atoms with van der Waals surface area (Å²) in [5, 5.41) is 3.33. The van der Waals surface area contributed by atoms with E-state index in [0.717, 1.165) is 26.2 Å². The van der Waals surface area contributed by atoms with Crippen LogP contribution < -0.4 is 5.32 Å². The van der Waals surface area contributed by atoms with E-state index in [4.69, 9.17) is 4.74 Å². The number of nitrogens with zero attached hydrogens (tertiary/aromatic N) is 1. The monoisotopic (exact) mass is 186 g/mol. The number of hydrogen-bond acceptors (Lipinski definition) is 3. The fraction of sp³-hybridized carbons (Fsp3) is 1.00. The summed E-state index contributed by atoms with van der Waals surface area (Å²) in [6, 6.07) is 0.630. The van der Waals surface area contributed by atoms with Crippen molar-refractivity contribution in [2.24, 2.45) is 0 Å². The van der Waals surface area contributed by atoms with Gasteiger partial charge in [-0.1, -0.05) is 6.92 Å². The highest BCUT2D eigenvalue weighted by Crippen LogP contribution is 2.05. The van der Waals surface area contributed by atoms with E-state index < -0.39 is 0 Å². The summed E-state index contributed by atoms with van der Waals surface area (Å²) >= 11 is 0. The van der Waals surface area contributed by atoms with Gasteiger partial charge in [0.05, 0.1) is 12.7 Å². The van der Waals surface area contributed by atoms with E-state index in [1.807, 2.05) is 7.05 Å². The third-order valence-electron chi connectivity index (χ3n) is 2.70. The summed E-state index contributed by atoms with van der Waals surface area (Å²) < 4.78 is 5.49. The lowest BCUT2D eigenvalue weighted by Gasteiger charge is -2.33. The van der Waals surface area contributed by atoms with Gasteiger partial charge in [0, 0.05) is 25.7 Å². The fourth-order valence-electron chi connectivity index (χ4n) is 1.79. The van der Waals surface area contributed by atoms with Crippen molar-refractivity contribution in [3.05, 3.63) is 0 Å². The SMILES string of the molecule is CCC(CN1CCOC(C)C1)NC. The smallest absolute Gasteiger partial charge is 0.0674 e. The maximum absolute atomic E-state index is 5.49. The van der Waals surface area contributed by atoms with Crippen LogP contribution >= 0.6 is 0 Å². The highest BCUT2D eigenvalue weighted by atomic mass is 16.5. The van der Waals surface area contributed by atoms with Crippen LogP contribution in [0.25, 0.3) is 0 Å². The lowest BCUT2D eigenvalue weighted by atomic mass is 10.2. The van der Waals surface area contributed by atoms with Crippen LogP contribution in [0.1, 0.15) is 20.3 Å². The summed E-state index contributed by atoms with van der Waals surface area (Å²) in [7, 11) is 2.04. The van der Waals surface area contributed by atoms with Gasteiger partial charge in [-0.3, -0.25) is 4.90 Å². The molecule has 2 atom stereocenters. The molecule has 0 radical (unpaired) electrons. The first kappa shape index (κ1) is 11.0. The zero-order chi connectivity index (χ0) is 9.68. The van der Waals surface area contributed by atoms with Gasteiger partial charge in [0.25, 0.3) is 0 Å². The van der Waals surface area contributed by atoms with Crippen LogP contribution in [0.2, 0.25) is 0 Å². The molecular weight excluding hydrogens is 164 g/mol. The van der Waals surface area contributed by atoms with E-state index in [9.17, 15) is 0 Å². The van der Waals surface area contributed by atoms with Gasteiger partial charge in [-0.2, -0.15) is 0 Å². The molecule has 0 aromatic carbocycles. The molecule has 1 rings (SSSR count). The first-order valence-electron chi connectivity index (χ1n) is 5.27. The second-order valence-corrected chi connectivity index (χ2v) is 3.83. The molecule has 0 bridgehead atoms. The maximum atomic E-state index is 5.49. The molecule has 1 N–H and O–H groups in total. The number of likely N-dealkylation sites (N-methyl/N-ethyl adjacent to an activating group) is 1. The number of morpholine rings is 1. The van der Waals surface area contributed by atoms with Gasteiger partial charge in [-0.25, -0.2) is 0 Å². The molecule has 0 saturated carbocycles. The van der Waals surface area contributed by atoms with Gasteiger partial charge in [0.1, 0.15) is 0 Å². The van der Waals surface area contributed by atoms with Gasteiger partial charge in [-0.05, 0) is 20.4 Å². The molecule has 3 nitrogen and oxygen atoms in total. The third kappa shape index (κ3) is 3.63. The van der Waals surface area contributed by atoms with Crippen LogP contribution in [0.5, 0.6) is 0 Å². The van der Waals surface area contributed by atoms with Gasteiger partial charge < -0.3 is 10.1 Å². The molecular formula is C10H22N2O. The Balaban J connectivity index is 2.26. The summed E-state index contributed by atoms with van der Waals surface area (Å²) in [5.74, 6) is 0. The molecule has 1 saturated heterocycles. The lowest BCUT2D eigenvalue weighted by Crippen LogP contribution is -2.47. The van der Waals surface area contributed by atoms with Gasteiger partial charge in [0.2, 0.25) is 0 Å². The Morgan fingerprint density at radius 1 is 1.62 bits per heavy atom.